The van der Waals surface area contributed by atoms with Gasteiger partial charge in [0.2, 0.25) is 11.8 Å². The average molecular weight is 336 g/mol. The zero-order valence-corrected chi connectivity index (χ0v) is 13.7. The van der Waals surface area contributed by atoms with Gasteiger partial charge < -0.3 is 15.4 Å². The van der Waals surface area contributed by atoms with Gasteiger partial charge in [-0.05, 0) is 24.1 Å². The Morgan fingerprint density at radius 3 is 2.33 bits per heavy atom. The SMILES string of the molecule is C=CC[C@H](NC(=O)[C@H](Cc1ccc(F)cc1)NC(C)=O)C(=O)OC. The fourth-order valence-corrected chi connectivity index (χ4v) is 2.11. The van der Waals surface area contributed by atoms with E-state index in [2.05, 4.69) is 21.9 Å². The lowest BCUT2D eigenvalue weighted by molar-refractivity contribution is -0.145. The van der Waals surface area contributed by atoms with Crippen molar-refractivity contribution in [2.75, 3.05) is 7.11 Å². The van der Waals surface area contributed by atoms with Gasteiger partial charge >= 0.3 is 5.97 Å². The number of carbonyl (C=O) groups is 3. The van der Waals surface area contributed by atoms with Crippen molar-refractivity contribution in [3.8, 4) is 0 Å². The van der Waals surface area contributed by atoms with Crippen molar-refractivity contribution < 1.29 is 23.5 Å². The van der Waals surface area contributed by atoms with Crippen LogP contribution in [-0.4, -0.2) is 37.0 Å². The van der Waals surface area contributed by atoms with E-state index in [9.17, 15) is 18.8 Å². The first-order chi connectivity index (χ1) is 11.4. The van der Waals surface area contributed by atoms with Crippen molar-refractivity contribution in [3.05, 3.63) is 48.3 Å². The lowest BCUT2D eigenvalue weighted by Crippen LogP contribution is -2.52. The Bertz CT molecular complexity index is 601. The van der Waals surface area contributed by atoms with Gasteiger partial charge in [-0.1, -0.05) is 18.2 Å². The fraction of sp³-hybridized carbons (Fsp3) is 0.353. The van der Waals surface area contributed by atoms with E-state index in [1.807, 2.05) is 0 Å². The van der Waals surface area contributed by atoms with Crippen LogP contribution in [-0.2, 0) is 25.5 Å². The molecule has 1 aromatic rings. The molecule has 0 fully saturated rings. The smallest absolute Gasteiger partial charge is 0.328 e. The predicted octanol–water partition coefficient (Wildman–Crippen LogP) is 1.11. The topological polar surface area (TPSA) is 84.5 Å². The van der Waals surface area contributed by atoms with Gasteiger partial charge in [-0.2, -0.15) is 0 Å². The highest BCUT2D eigenvalue weighted by Crippen LogP contribution is 2.07. The molecule has 0 saturated heterocycles. The van der Waals surface area contributed by atoms with Gasteiger partial charge in [-0.25, -0.2) is 9.18 Å². The van der Waals surface area contributed by atoms with E-state index in [0.717, 1.165) is 0 Å². The summed E-state index contributed by atoms with van der Waals surface area (Å²) in [5, 5.41) is 5.06. The molecule has 1 rings (SSSR count). The monoisotopic (exact) mass is 336 g/mol. The van der Waals surface area contributed by atoms with E-state index in [4.69, 9.17) is 0 Å². The standard InChI is InChI=1S/C17H21FN2O4/c1-4-5-14(17(23)24-3)20-16(22)15(19-11(2)21)10-12-6-8-13(18)9-7-12/h4,6-9,14-15H,1,5,10H2,2-3H3,(H,19,21)(H,20,22)/t14-,15-/m0/s1. The lowest BCUT2D eigenvalue weighted by atomic mass is 10.0. The van der Waals surface area contributed by atoms with Crippen LogP contribution in [0.4, 0.5) is 4.39 Å². The molecule has 6 nitrogen and oxygen atoms in total. The number of rotatable bonds is 8. The van der Waals surface area contributed by atoms with E-state index < -0.39 is 35.7 Å². The summed E-state index contributed by atoms with van der Waals surface area (Å²) >= 11 is 0. The zero-order valence-electron chi connectivity index (χ0n) is 13.7. The number of benzene rings is 1. The largest absolute Gasteiger partial charge is 0.467 e. The Morgan fingerprint density at radius 2 is 1.83 bits per heavy atom. The first-order valence-electron chi connectivity index (χ1n) is 7.38. The Balaban J connectivity index is 2.86. The third kappa shape index (κ3) is 6.20. The molecule has 0 heterocycles. The van der Waals surface area contributed by atoms with Crippen LogP contribution in [0.3, 0.4) is 0 Å². The Hall–Kier alpha value is -2.70. The molecule has 1 aromatic carbocycles. The number of carbonyl (C=O) groups excluding carboxylic acids is 3. The van der Waals surface area contributed by atoms with E-state index in [0.29, 0.717) is 5.56 Å². The second-order valence-electron chi connectivity index (χ2n) is 5.19. The number of nitrogens with one attached hydrogen (secondary N) is 2. The highest BCUT2D eigenvalue weighted by atomic mass is 19.1. The number of ether oxygens (including phenoxy) is 1. The van der Waals surface area contributed by atoms with Crippen LogP contribution in [0.25, 0.3) is 0 Å². The van der Waals surface area contributed by atoms with Gasteiger partial charge in [-0.3, -0.25) is 9.59 Å². The fourth-order valence-electron chi connectivity index (χ4n) is 2.11. The molecular weight excluding hydrogens is 315 g/mol. The normalized spacial score (nSPS) is 12.6. The molecule has 0 bridgehead atoms. The maximum absolute atomic E-state index is 13.0. The molecule has 0 aliphatic carbocycles. The maximum atomic E-state index is 13.0. The van der Waals surface area contributed by atoms with Crippen molar-refractivity contribution in [3.63, 3.8) is 0 Å². The minimum Gasteiger partial charge on any atom is -0.467 e. The Morgan fingerprint density at radius 1 is 1.21 bits per heavy atom. The number of amides is 2. The Kier molecular flexibility index (Phi) is 7.61. The zero-order chi connectivity index (χ0) is 18.1. The highest BCUT2D eigenvalue weighted by Gasteiger charge is 2.26. The molecule has 2 atom stereocenters. The minimum absolute atomic E-state index is 0.160. The molecule has 2 N–H and O–H groups in total. The second-order valence-corrected chi connectivity index (χ2v) is 5.19. The molecular formula is C17H21FN2O4. The summed E-state index contributed by atoms with van der Waals surface area (Å²) in [6, 6.07) is 3.81. The van der Waals surface area contributed by atoms with E-state index in [-0.39, 0.29) is 12.8 Å². The molecule has 24 heavy (non-hydrogen) atoms. The number of esters is 1. The third-order valence-corrected chi connectivity index (χ3v) is 3.25. The highest BCUT2D eigenvalue weighted by molar-refractivity contribution is 5.90. The summed E-state index contributed by atoms with van der Waals surface area (Å²) < 4.78 is 17.6. The van der Waals surface area contributed by atoms with E-state index >= 15 is 0 Å². The Labute approximate surface area is 140 Å². The summed E-state index contributed by atoms with van der Waals surface area (Å²) in [6.07, 6.45) is 1.84. The van der Waals surface area contributed by atoms with Crippen LogP contribution >= 0.6 is 0 Å². The molecule has 0 spiro atoms. The molecule has 2 amide bonds. The summed E-state index contributed by atoms with van der Waals surface area (Å²) in [5.41, 5.74) is 0.670. The van der Waals surface area contributed by atoms with Crippen LogP contribution in [0.15, 0.2) is 36.9 Å². The van der Waals surface area contributed by atoms with Gasteiger partial charge in [0.05, 0.1) is 7.11 Å². The van der Waals surface area contributed by atoms with Gasteiger partial charge in [0.25, 0.3) is 0 Å². The van der Waals surface area contributed by atoms with E-state index in [1.165, 1.54) is 44.4 Å². The second kappa shape index (κ2) is 9.44. The summed E-state index contributed by atoms with van der Waals surface area (Å²) in [7, 11) is 1.22. The molecule has 0 aromatic heterocycles. The molecule has 0 unspecified atom stereocenters. The molecule has 7 heteroatoms. The maximum Gasteiger partial charge on any atom is 0.328 e. The van der Waals surface area contributed by atoms with Crippen molar-refractivity contribution in [2.24, 2.45) is 0 Å². The van der Waals surface area contributed by atoms with Crippen LogP contribution in [0.1, 0.15) is 18.9 Å². The predicted molar refractivity (Wildman–Crippen MR) is 86.5 cm³/mol. The van der Waals surface area contributed by atoms with E-state index in [1.54, 1.807) is 0 Å². The first-order valence-corrected chi connectivity index (χ1v) is 7.38. The van der Waals surface area contributed by atoms with Gasteiger partial charge in [0.15, 0.2) is 0 Å². The van der Waals surface area contributed by atoms with Crippen LogP contribution in [0, 0.1) is 5.82 Å². The average Bonchev–Trinajstić information content (AvgIpc) is 2.54. The van der Waals surface area contributed by atoms with Gasteiger partial charge in [0, 0.05) is 13.3 Å². The van der Waals surface area contributed by atoms with Gasteiger partial charge in [-0.15, -0.1) is 6.58 Å². The number of methoxy groups -OCH3 is 1. The molecule has 0 aliphatic heterocycles. The number of hydrogen-bond donors (Lipinski definition) is 2. The quantitative estimate of drug-likeness (QED) is 0.550. The molecule has 0 saturated carbocycles. The van der Waals surface area contributed by atoms with Gasteiger partial charge in [0.1, 0.15) is 17.9 Å². The van der Waals surface area contributed by atoms with Crippen LogP contribution < -0.4 is 10.6 Å². The van der Waals surface area contributed by atoms with Crippen LogP contribution in [0.2, 0.25) is 0 Å². The minimum atomic E-state index is -0.898. The third-order valence-electron chi connectivity index (χ3n) is 3.25. The van der Waals surface area contributed by atoms with Crippen molar-refractivity contribution in [1.29, 1.82) is 0 Å². The van der Waals surface area contributed by atoms with Crippen molar-refractivity contribution in [1.82, 2.24) is 10.6 Å². The first kappa shape index (κ1) is 19.3. The van der Waals surface area contributed by atoms with Crippen molar-refractivity contribution in [2.45, 2.75) is 31.8 Å². The number of hydrogen-bond acceptors (Lipinski definition) is 4. The van der Waals surface area contributed by atoms with Crippen molar-refractivity contribution >= 4 is 17.8 Å². The summed E-state index contributed by atoms with van der Waals surface area (Å²) in [6.45, 7) is 4.81. The summed E-state index contributed by atoms with van der Waals surface area (Å²) in [4.78, 5) is 35.4. The number of halogens is 1. The molecule has 130 valence electrons. The summed E-state index contributed by atoms with van der Waals surface area (Å²) in [5.74, 6) is -1.93. The van der Waals surface area contributed by atoms with Crippen LogP contribution in [0.5, 0.6) is 0 Å². The molecule has 0 radical (unpaired) electrons. The lowest BCUT2D eigenvalue weighted by Gasteiger charge is -2.21. The molecule has 0 aliphatic rings.